The van der Waals surface area contributed by atoms with Gasteiger partial charge in [-0.3, -0.25) is 0 Å². The quantitative estimate of drug-likeness (QED) is 0.270. The van der Waals surface area contributed by atoms with Crippen LogP contribution in [0.5, 0.6) is 0 Å². The molecule has 7 nitrogen and oxygen atoms in total. The summed E-state index contributed by atoms with van der Waals surface area (Å²) in [5, 5.41) is 23.1. The average Bonchev–Trinajstić information content (AvgIpc) is 2.33. The van der Waals surface area contributed by atoms with Crippen molar-refractivity contribution >= 4 is 11.4 Å². The molecule has 0 radical (unpaired) electrons. The Kier molecular flexibility index (Phi) is 4.79. The maximum absolute atomic E-state index is 10.0. The zero-order valence-corrected chi connectivity index (χ0v) is 10.1. The van der Waals surface area contributed by atoms with Crippen LogP contribution in [0.2, 0.25) is 0 Å². The molecular weight excluding hydrogens is 234 g/mol. The van der Waals surface area contributed by atoms with Crippen LogP contribution in [-0.4, -0.2) is 22.9 Å². The summed E-state index contributed by atoms with van der Waals surface area (Å²) in [7, 11) is 0. The van der Waals surface area contributed by atoms with Crippen molar-refractivity contribution in [1.82, 2.24) is 0 Å². The Labute approximate surface area is 105 Å². The Morgan fingerprint density at radius 2 is 1.94 bits per heavy atom. The zero-order chi connectivity index (χ0) is 13.7. The van der Waals surface area contributed by atoms with E-state index in [4.69, 9.17) is 17.0 Å². The van der Waals surface area contributed by atoms with E-state index in [2.05, 4.69) is 10.0 Å². The maximum atomic E-state index is 10.0. The highest BCUT2D eigenvalue weighted by Crippen LogP contribution is 2.28. The van der Waals surface area contributed by atoms with Crippen molar-refractivity contribution in [2.45, 2.75) is 25.6 Å². The predicted molar refractivity (Wildman–Crippen MR) is 69.6 cm³/mol. The number of aliphatic hydroxyl groups excluding tert-OH is 2. The monoisotopic (exact) mass is 251 g/mol. The highest BCUT2D eigenvalue weighted by atomic mass is 16.3. The van der Waals surface area contributed by atoms with E-state index in [-0.39, 0.29) is 13.0 Å². The van der Waals surface area contributed by atoms with E-state index in [1.54, 1.807) is 19.1 Å². The number of hydrogen-bond acceptors (Lipinski definition) is 5. The largest absolute Gasteiger partial charge is 0.397 e. The minimum absolute atomic E-state index is 0.123. The van der Waals surface area contributed by atoms with Gasteiger partial charge >= 0.3 is 0 Å². The van der Waals surface area contributed by atoms with Gasteiger partial charge in [0.2, 0.25) is 0 Å². The van der Waals surface area contributed by atoms with Gasteiger partial charge in [0, 0.05) is 11.5 Å². The lowest BCUT2D eigenvalue weighted by atomic mass is 9.96. The second-order valence-corrected chi connectivity index (χ2v) is 4.09. The number of hydrogen-bond donors (Lipinski definition) is 4. The number of anilines is 2. The molecule has 1 aromatic rings. The van der Waals surface area contributed by atoms with Crippen LogP contribution in [0.1, 0.15) is 23.7 Å². The first-order valence-electron chi connectivity index (χ1n) is 5.49. The number of nitrogens with zero attached hydrogens (tertiary/aromatic N) is 3. The molecule has 0 spiro atoms. The van der Waals surface area contributed by atoms with Crippen molar-refractivity contribution < 1.29 is 10.2 Å². The van der Waals surface area contributed by atoms with E-state index in [9.17, 15) is 10.2 Å². The van der Waals surface area contributed by atoms with E-state index < -0.39 is 12.2 Å². The van der Waals surface area contributed by atoms with Crippen LogP contribution in [0, 0.1) is 6.92 Å². The van der Waals surface area contributed by atoms with Crippen LogP contribution >= 0.6 is 0 Å². The molecule has 0 aliphatic heterocycles. The Morgan fingerprint density at radius 1 is 1.33 bits per heavy atom. The van der Waals surface area contributed by atoms with Gasteiger partial charge in [-0.05, 0) is 42.1 Å². The van der Waals surface area contributed by atoms with Crippen molar-refractivity contribution in [1.29, 1.82) is 0 Å². The fourth-order valence-electron chi connectivity index (χ4n) is 1.68. The Morgan fingerprint density at radius 3 is 2.56 bits per heavy atom. The van der Waals surface area contributed by atoms with Crippen molar-refractivity contribution in [3.8, 4) is 0 Å². The van der Waals surface area contributed by atoms with Gasteiger partial charge in [-0.2, -0.15) is 0 Å². The smallest absolute Gasteiger partial charge is 0.105 e. The van der Waals surface area contributed by atoms with Gasteiger partial charge in [0.15, 0.2) is 0 Å². The molecule has 0 amide bonds. The Hall–Kier alpha value is -1.95. The summed E-state index contributed by atoms with van der Waals surface area (Å²) >= 11 is 0. The number of rotatable bonds is 5. The molecule has 1 rings (SSSR count). The van der Waals surface area contributed by atoms with E-state index in [0.29, 0.717) is 16.9 Å². The number of azide groups is 1. The predicted octanol–water partition coefficient (Wildman–Crippen LogP) is 1.25. The minimum Gasteiger partial charge on any atom is -0.397 e. The molecule has 0 aliphatic rings. The lowest BCUT2D eigenvalue weighted by molar-refractivity contribution is 0.0147. The highest BCUT2D eigenvalue weighted by Gasteiger charge is 2.20. The molecule has 7 heteroatoms. The highest BCUT2D eigenvalue weighted by molar-refractivity contribution is 5.66. The molecule has 0 aliphatic carbocycles. The van der Waals surface area contributed by atoms with Gasteiger partial charge in [-0.25, -0.2) is 0 Å². The van der Waals surface area contributed by atoms with Crippen LogP contribution in [0.3, 0.4) is 0 Å². The number of aliphatic hydroxyl groups is 2. The molecule has 0 saturated carbocycles. The summed E-state index contributed by atoms with van der Waals surface area (Å²) in [6, 6.07) is 3.19. The number of benzene rings is 1. The molecule has 2 unspecified atom stereocenters. The molecule has 2 atom stereocenters. The Balaban J connectivity index is 2.85. The molecular formula is C11H17N5O2. The van der Waals surface area contributed by atoms with Crippen LogP contribution in [-0.2, 0) is 0 Å². The summed E-state index contributed by atoms with van der Waals surface area (Å²) in [6.45, 7) is 1.90. The second kappa shape index (κ2) is 6.11. The third-order valence-electron chi connectivity index (χ3n) is 2.74. The zero-order valence-electron chi connectivity index (χ0n) is 10.1. The average molecular weight is 251 g/mol. The fourth-order valence-corrected chi connectivity index (χ4v) is 1.68. The normalized spacial score (nSPS) is 13.7. The molecule has 0 saturated heterocycles. The van der Waals surface area contributed by atoms with Gasteiger partial charge in [0.25, 0.3) is 0 Å². The molecule has 1 aromatic carbocycles. The molecule has 0 fully saturated rings. The molecule has 6 N–H and O–H groups in total. The van der Waals surface area contributed by atoms with Crippen molar-refractivity contribution in [3.05, 3.63) is 33.7 Å². The van der Waals surface area contributed by atoms with Crippen LogP contribution < -0.4 is 11.5 Å². The van der Waals surface area contributed by atoms with Gasteiger partial charge in [0.05, 0.1) is 17.5 Å². The summed E-state index contributed by atoms with van der Waals surface area (Å²) in [6.07, 6.45) is -1.92. The van der Waals surface area contributed by atoms with Crippen molar-refractivity contribution in [2.24, 2.45) is 5.11 Å². The van der Waals surface area contributed by atoms with Crippen LogP contribution in [0.15, 0.2) is 17.2 Å². The topological polar surface area (TPSA) is 141 Å². The van der Waals surface area contributed by atoms with Gasteiger partial charge in [-0.1, -0.05) is 5.11 Å². The van der Waals surface area contributed by atoms with Crippen molar-refractivity contribution in [3.63, 3.8) is 0 Å². The van der Waals surface area contributed by atoms with Crippen LogP contribution in [0.4, 0.5) is 11.4 Å². The summed E-state index contributed by atoms with van der Waals surface area (Å²) in [5.74, 6) is 0. The summed E-state index contributed by atoms with van der Waals surface area (Å²) in [4.78, 5) is 2.58. The van der Waals surface area contributed by atoms with E-state index in [1.165, 1.54) is 0 Å². The van der Waals surface area contributed by atoms with Gasteiger partial charge in [-0.15, -0.1) is 0 Å². The molecule has 0 heterocycles. The van der Waals surface area contributed by atoms with Crippen molar-refractivity contribution in [2.75, 3.05) is 18.0 Å². The Bertz CT molecular complexity index is 471. The van der Waals surface area contributed by atoms with E-state index in [0.717, 1.165) is 5.56 Å². The SMILES string of the molecule is Cc1cc(N)c(N)cc1C(O)C(O)CCN=[N+]=[N-]. The fraction of sp³-hybridized carbons (Fsp3) is 0.455. The first-order valence-corrected chi connectivity index (χ1v) is 5.49. The van der Waals surface area contributed by atoms with Gasteiger partial charge in [0.1, 0.15) is 6.10 Å². The van der Waals surface area contributed by atoms with E-state index in [1.807, 2.05) is 0 Å². The molecule has 0 aromatic heterocycles. The summed E-state index contributed by atoms with van der Waals surface area (Å²) < 4.78 is 0. The number of nitrogen functional groups attached to an aromatic ring is 2. The molecule has 0 bridgehead atoms. The number of nitrogens with two attached hydrogens (primary N) is 2. The van der Waals surface area contributed by atoms with E-state index >= 15 is 0 Å². The third-order valence-corrected chi connectivity index (χ3v) is 2.74. The third kappa shape index (κ3) is 3.27. The lowest BCUT2D eigenvalue weighted by Crippen LogP contribution is -2.20. The first-order chi connectivity index (χ1) is 8.47. The standard InChI is InChI=1S/C11H17N5O2/c1-6-4-8(12)9(13)5-7(6)11(18)10(17)2-3-15-16-14/h4-5,10-11,17-18H,2-3,12-13H2,1H3. The van der Waals surface area contributed by atoms with Gasteiger partial charge < -0.3 is 21.7 Å². The first kappa shape index (κ1) is 14.1. The maximum Gasteiger partial charge on any atom is 0.105 e. The second-order valence-electron chi connectivity index (χ2n) is 4.09. The molecule has 18 heavy (non-hydrogen) atoms. The minimum atomic E-state index is -1.08. The lowest BCUT2D eigenvalue weighted by Gasteiger charge is -2.20. The summed E-state index contributed by atoms with van der Waals surface area (Å²) in [5.41, 5.74) is 21.5. The number of aryl methyl sites for hydroxylation is 1. The van der Waals surface area contributed by atoms with Crippen LogP contribution in [0.25, 0.3) is 10.4 Å². The molecule has 98 valence electrons.